The van der Waals surface area contributed by atoms with E-state index in [-0.39, 0.29) is 12.0 Å². The largest absolute Gasteiger partial charge is 0.377 e. The van der Waals surface area contributed by atoms with Crippen LogP contribution in [-0.4, -0.2) is 42.6 Å². The van der Waals surface area contributed by atoms with Crippen LogP contribution in [0.4, 0.5) is 0 Å². The van der Waals surface area contributed by atoms with Crippen LogP contribution in [0, 0.1) is 0 Å². The van der Waals surface area contributed by atoms with E-state index in [4.69, 9.17) is 10.5 Å². The Morgan fingerprint density at radius 1 is 1.50 bits per heavy atom. The summed E-state index contributed by atoms with van der Waals surface area (Å²) in [6.07, 6.45) is 2.01. The van der Waals surface area contributed by atoms with Crippen LogP contribution < -0.4 is 5.73 Å². The van der Waals surface area contributed by atoms with Gasteiger partial charge in [0.05, 0.1) is 6.10 Å². The molecule has 1 saturated heterocycles. The first-order valence-electron chi connectivity index (χ1n) is 5.32. The van der Waals surface area contributed by atoms with Gasteiger partial charge in [0.1, 0.15) is 6.04 Å². The third-order valence-electron chi connectivity index (χ3n) is 2.64. The average Bonchev–Trinajstić information content (AvgIpc) is 2.68. The van der Waals surface area contributed by atoms with Crippen molar-refractivity contribution >= 4 is 5.91 Å². The van der Waals surface area contributed by atoms with Crippen molar-refractivity contribution in [3.8, 4) is 0 Å². The fourth-order valence-electron chi connectivity index (χ4n) is 1.72. The second-order valence-corrected chi connectivity index (χ2v) is 3.72. The van der Waals surface area contributed by atoms with Crippen molar-refractivity contribution in [2.24, 2.45) is 5.73 Å². The number of amides is 1. The highest BCUT2D eigenvalue weighted by atomic mass is 16.5. The van der Waals surface area contributed by atoms with E-state index in [1.807, 2.05) is 18.7 Å². The second-order valence-electron chi connectivity index (χ2n) is 3.72. The van der Waals surface area contributed by atoms with Crippen molar-refractivity contribution < 1.29 is 9.53 Å². The summed E-state index contributed by atoms with van der Waals surface area (Å²) in [7, 11) is 0. The maximum absolute atomic E-state index is 11.8. The molecule has 0 saturated carbocycles. The quantitative estimate of drug-likeness (QED) is 0.713. The second kappa shape index (κ2) is 5.32. The zero-order chi connectivity index (χ0) is 10.6. The zero-order valence-electron chi connectivity index (χ0n) is 9.03. The minimum absolute atomic E-state index is 0.0310. The smallest absolute Gasteiger partial charge is 0.242 e. The van der Waals surface area contributed by atoms with Crippen LogP contribution in [0.15, 0.2) is 0 Å². The number of nitrogens with two attached hydrogens (primary N) is 1. The van der Waals surface area contributed by atoms with E-state index in [0.29, 0.717) is 6.61 Å². The van der Waals surface area contributed by atoms with Crippen LogP contribution in [0.2, 0.25) is 0 Å². The van der Waals surface area contributed by atoms with Crippen LogP contribution in [-0.2, 0) is 9.53 Å². The molecule has 2 N–H and O–H groups in total. The molecule has 2 atom stereocenters. The van der Waals surface area contributed by atoms with Crippen LogP contribution in [0.3, 0.4) is 0 Å². The van der Waals surface area contributed by atoms with Crippen molar-refractivity contribution in [3.63, 3.8) is 0 Å². The molecule has 1 aliphatic rings. The highest BCUT2D eigenvalue weighted by Gasteiger charge is 2.27. The molecular weight excluding hydrogens is 180 g/mol. The first-order valence-corrected chi connectivity index (χ1v) is 5.32. The molecule has 1 fully saturated rings. The van der Waals surface area contributed by atoms with Crippen LogP contribution >= 0.6 is 0 Å². The Balaban J connectivity index is 2.42. The molecule has 4 nitrogen and oxygen atoms in total. The summed E-state index contributed by atoms with van der Waals surface area (Å²) in [5.41, 5.74) is 5.81. The van der Waals surface area contributed by atoms with Crippen LogP contribution in [0.5, 0.6) is 0 Å². The van der Waals surface area contributed by atoms with Crippen molar-refractivity contribution in [2.75, 3.05) is 19.7 Å². The fraction of sp³-hybridized carbons (Fsp3) is 0.900. The maximum atomic E-state index is 11.8. The van der Waals surface area contributed by atoms with Gasteiger partial charge in [0, 0.05) is 19.7 Å². The number of nitrogens with zero attached hydrogens (tertiary/aromatic N) is 1. The summed E-state index contributed by atoms with van der Waals surface area (Å²) in [6.45, 7) is 6.06. The number of ether oxygens (including phenoxy) is 1. The van der Waals surface area contributed by atoms with Gasteiger partial charge in [-0.05, 0) is 26.7 Å². The van der Waals surface area contributed by atoms with Crippen LogP contribution in [0.1, 0.15) is 26.7 Å². The van der Waals surface area contributed by atoms with E-state index in [0.717, 1.165) is 25.9 Å². The van der Waals surface area contributed by atoms with Gasteiger partial charge in [0.2, 0.25) is 5.91 Å². The van der Waals surface area contributed by atoms with Gasteiger partial charge >= 0.3 is 0 Å². The molecule has 14 heavy (non-hydrogen) atoms. The Morgan fingerprint density at radius 3 is 2.57 bits per heavy atom. The summed E-state index contributed by atoms with van der Waals surface area (Å²) in [6, 6.07) is -0.506. The molecule has 1 heterocycles. The summed E-state index contributed by atoms with van der Waals surface area (Å²) < 4.78 is 5.31. The van der Waals surface area contributed by atoms with Gasteiger partial charge in [-0.3, -0.25) is 4.79 Å². The molecule has 1 amide bonds. The lowest BCUT2D eigenvalue weighted by Crippen LogP contribution is -2.49. The highest BCUT2D eigenvalue weighted by Crippen LogP contribution is 2.10. The van der Waals surface area contributed by atoms with E-state index in [1.54, 1.807) is 0 Å². The van der Waals surface area contributed by atoms with Crippen molar-refractivity contribution in [2.45, 2.75) is 38.8 Å². The Hall–Kier alpha value is -0.610. The van der Waals surface area contributed by atoms with Gasteiger partial charge in [-0.2, -0.15) is 0 Å². The molecular formula is C10H20N2O2. The first kappa shape index (κ1) is 11.5. The topological polar surface area (TPSA) is 55.6 Å². The standard InChI is InChI=1S/C10H20N2O2/c1-3-14-8(2)9(11)10(13)12-6-4-5-7-12/h8-9H,3-7,11H2,1-2H3/t8-,9+/m1/s1. The van der Waals surface area contributed by atoms with Crippen LogP contribution in [0.25, 0.3) is 0 Å². The Morgan fingerprint density at radius 2 is 2.07 bits per heavy atom. The molecule has 0 radical (unpaired) electrons. The lowest BCUT2D eigenvalue weighted by molar-refractivity contribution is -0.134. The maximum Gasteiger partial charge on any atom is 0.242 e. The summed E-state index contributed by atoms with van der Waals surface area (Å²) in [5, 5.41) is 0. The molecule has 0 aromatic rings. The van der Waals surface area contributed by atoms with E-state index in [2.05, 4.69) is 0 Å². The molecule has 0 unspecified atom stereocenters. The molecule has 82 valence electrons. The molecule has 0 bridgehead atoms. The Labute approximate surface area is 85.4 Å². The minimum atomic E-state index is -0.506. The van der Waals surface area contributed by atoms with Gasteiger partial charge < -0.3 is 15.4 Å². The van der Waals surface area contributed by atoms with E-state index in [1.165, 1.54) is 0 Å². The summed E-state index contributed by atoms with van der Waals surface area (Å²) in [5.74, 6) is 0.0310. The van der Waals surface area contributed by atoms with Gasteiger partial charge in [-0.25, -0.2) is 0 Å². The zero-order valence-corrected chi connectivity index (χ0v) is 9.03. The van der Waals surface area contributed by atoms with Crippen molar-refractivity contribution in [3.05, 3.63) is 0 Å². The number of carbonyl (C=O) groups is 1. The predicted octanol–water partition coefficient (Wildman–Crippen LogP) is 0.361. The minimum Gasteiger partial charge on any atom is -0.377 e. The van der Waals surface area contributed by atoms with E-state index in [9.17, 15) is 4.79 Å². The van der Waals surface area contributed by atoms with Gasteiger partial charge in [-0.1, -0.05) is 0 Å². The summed E-state index contributed by atoms with van der Waals surface area (Å²) in [4.78, 5) is 13.6. The van der Waals surface area contributed by atoms with E-state index >= 15 is 0 Å². The van der Waals surface area contributed by atoms with Crippen molar-refractivity contribution in [1.82, 2.24) is 4.90 Å². The molecule has 1 aliphatic heterocycles. The highest BCUT2D eigenvalue weighted by molar-refractivity contribution is 5.82. The Kier molecular flexibility index (Phi) is 4.35. The van der Waals surface area contributed by atoms with Gasteiger partial charge in [0.15, 0.2) is 0 Å². The monoisotopic (exact) mass is 200 g/mol. The molecule has 0 spiro atoms. The van der Waals surface area contributed by atoms with Gasteiger partial charge in [0.25, 0.3) is 0 Å². The van der Waals surface area contributed by atoms with E-state index < -0.39 is 6.04 Å². The molecule has 0 aromatic heterocycles. The lowest BCUT2D eigenvalue weighted by Gasteiger charge is -2.24. The molecule has 0 aliphatic carbocycles. The molecule has 0 aromatic carbocycles. The third kappa shape index (κ3) is 2.69. The number of rotatable bonds is 4. The summed E-state index contributed by atoms with van der Waals surface area (Å²) >= 11 is 0. The number of carbonyl (C=O) groups excluding carboxylic acids is 1. The fourth-order valence-corrected chi connectivity index (χ4v) is 1.72. The SMILES string of the molecule is CCO[C@H](C)[C@H](N)C(=O)N1CCCC1. The first-order chi connectivity index (χ1) is 6.66. The normalized spacial score (nSPS) is 20.9. The predicted molar refractivity (Wildman–Crippen MR) is 54.9 cm³/mol. The molecule has 4 heteroatoms. The average molecular weight is 200 g/mol. The molecule has 1 rings (SSSR count). The van der Waals surface area contributed by atoms with Gasteiger partial charge in [-0.15, -0.1) is 0 Å². The number of hydrogen-bond acceptors (Lipinski definition) is 3. The lowest BCUT2D eigenvalue weighted by atomic mass is 10.1. The number of likely N-dealkylation sites (tertiary alicyclic amines) is 1. The number of hydrogen-bond donors (Lipinski definition) is 1. The Bertz CT molecular complexity index is 191. The van der Waals surface area contributed by atoms with Crippen molar-refractivity contribution in [1.29, 1.82) is 0 Å². The third-order valence-corrected chi connectivity index (χ3v) is 2.64.